The van der Waals surface area contributed by atoms with Gasteiger partial charge in [0.25, 0.3) is 0 Å². The SMILES string of the molecule is Cc1cccc(C(=O)c2ccc(-c3ccccc3)cc2)n1. The Kier molecular flexibility index (Phi) is 3.61. The average molecular weight is 273 g/mol. The summed E-state index contributed by atoms with van der Waals surface area (Å²) in [6.07, 6.45) is 0. The predicted octanol–water partition coefficient (Wildman–Crippen LogP) is 4.29. The summed E-state index contributed by atoms with van der Waals surface area (Å²) < 4.78 is 0. The molecule has 0 bridgehead atoms. The number of aryl methyl sites for hydroxylation is 1. The third-order valence-electron chi connectivity index (χ3n) is 3.38. The zero-order chi connectivity index (χ0) is 14.7. The molecule has 0 saturated carbocycles. The van der Waals surface area contributed by atoms with Gasteiger partial charge in [0.2, 0.25) is 5.78 Å². The second-order valence-corrected chi connectivity index (χ2v) is 4.94. The van der Waals surface area contributed by atoms with E-state index in [9.17, 15) is 4.79 Å². The molecule has 1 heterocycles. The molecule has 3 rings (SSSR count). The Morgan fingerprint density at radius 1 is 0.762 bits per heavy atom. The van der Waals surface area contributed by atoms with Crippen molar-refractivity contribution in [3.8, 4) is 11.1 Å². The molecule has 21 heavy (non-hydrogen) atoms. The Morgan fingerprint density at radius 3 is 2.10 bits per heavy atom. The highest BCUT2D eigenvalue weighted by Crippen LogP contribution is 2.20. The van der Waals surface area contributed by atoms with Gasteiger partial charge in [-0.15, -0.1) is 0 Å². The van der Waals surface area contributed by atoms with Crippen LogP contribution in [0.2, 0.25) is 0 Å². The molecule has 0 radical (unpaired) electrons. The first-order valence-electron chi connectivity index (χ1n) is 6.88. The summed E-state index contributed by atoms with van der Waals surface area (Å²) >= 11 is 0. The molecular weight excluding hydrogens is 258 g/mol. The third kappa shape index (κ3) is 2.90. The Labute approximate surface area is 124 Å². The van der Waals surface area contributed by atoms with Gasteiger partial charge in [-0.3, -0.25) is 4.79 Å². The summed E-state index contributed by atoms with van der Waals surface area (Å²) in [6, 6.07) is 23.3. The second kappa shape index (κ2) is 5.71. The zero-order valence-electron chi connectivity index (χ0n) is 11.8. The van der Waals surface area contributed by atoms with Crippen LogP contribution in [0, 0.1) is 6.92 Å². The quantitative estimate of drug-likeness (QED) is 0.666. The maximum atomic E-state index is 12.4. The number of ketones is 1. The first kappa shape index (κ1) is 13.3. The van der Waals surface area contributed by atoms with Crippen LogP contribution in [0.4, 0.5) is 0 Å². The van der Waals surface area contributed by atoms with Crippen LogP contribution < -0.4 is 0 Å². The van der Waals surface area contributed by atoms with Crippen LogP contribution in [0.3, 0.4) is 0 Å². The summed E-state index contributed by atoms with van der Waals surface area (Å²) in [7, 11) is 0. The molecule has 0 fully saturated rings. The number of hydrogen-bond acceptors (Lipinski definition) is 2. The van der Waals surface area contributed by atoms with Crippen LogP contribution in [0.5, 0.6) is 0 Å². The van der Waals surface area contributed by atoms with Gasteiger partial charge in [-0.2, -0.15) is 0 Å². The van der Waals surface area contributed by atoms with E-state index in [2.05, 4.69) is 17.1 Å². The number of benzene rings is 2. The predicted molar refractivity (Wildman–Crippen MR) is 84.3 cm³/mol. The number of aromatic nitrogens is 1. The van der Waals surface area contributed by atoms with E-state index in [1.165, 1.54) is 0 Å². The molecule has 0 spiro atoms. The van der Waals surface area contributed by atoms with Crippen molar-refractivity contribution in [1.29, 1.82) is 0 Å². The van der Waals surface area contributed by atoms with Gasteiger partial charge in [0.1, 0.15) is 5.69 Å². The van der Waals surface area contributed by atoms with Crippen LogP contribution >= 0.6 is 0 Å². The lowest BCUT2D eigenvalue weighted by atomic mass is 10.0. The van der Waals surface area contributed by atoms with E-state index in [-0.39, 0.29) is 5.78 Å². The normalized spacial score (nSPS) is 10.3. The van der Waals surface area contributed by atoms with E-state index in [0.717, 1.165) is 16.8 Å². The second-order valence-electron chi connectivity index (χ2n) is 4.94. The highest BCUT2D eigenvalue weighted by molar-refractivity contribution is 6.07. The number of hydrogen-bond donors (Lipinski definition) is 0. The summed E-state index contributed by atoms with van der Waals surface area (Å²) in [6.45, 7) is 1.88. The Hall–Kier alpha value is -2.74. The van der Waals surface area contributed by atoms with Crippen molar-refractivity contribution in [2.45, 2.75) is 6.92 Å². The highest BCUT2D eigenvalue weighted by atomic mass is 16.1. The van der Waals surface area contributed by atoms with Crippen LogP contribution in [0.1, 0.15) is 21.7 Å². The fourth-order valence-corrected chi connectivity index (χ4v) is 2.26. The minimum absolute atomic E-state index is 0.0432. The fraction of sp³-hybridized carbons (Fsp3) is 0.0526. The molecule has 3 aromatic rings. The fourth-order valence-electron chi connectivity index (χ4n) is 2.26. The lowest BCUT2D eigenvalue weighted by Crippen LogP contribution is -2.04. The van der Waals surface area contributed by atoms with E-state index >= 15 is 0 Å². The van der Waals surface area contributed by atoms with Crippen molar-refractivity contribution in [3.63, 3.8) is 0 Å². The lowest BCUT2D eigenvalue weighted by Gasteiger charge is -2.04. The Morgan fingerprint density at radius 2 is 1.43 bits per heavy atom. The van der Waals surface area contributed by atoms with Gasteiger partial charge in [0.05, 0.1) is 0 Å². The maximum Gasteiger partial charge on any atom is 0.211 e. The lowest BCUT2D eigenvalue weighted by molar-refractivity contribution is 0.103. The molecule has 0 aliphatic carbocycles. The molecule has 0 saturated heterocycles. The van der Waals surface area contributed by atoms with Crippen molar-refractivity contribution in [2.24, 2.45) is 0 Å². The van der Waals surface area contributed by atoms with Crippen LogP contribution in [-0.4, -0.2) is 10.8 Å². The molecule has 2 heteroatoms. The summed E-state index contributed by atoms with van der Waals surface area (Å²) in [5.41, 5.74) is 4.24. The minimum Gasteiger partial charge on any atom is -0.287 e. The molecule has 1 aromatic heterocycles. The van der Waals surface area contributed by atoms with Crippen LogP contribution in [0.15, 0.2) is 72.8 Å². The number of nitrogens with zero attached hydrogens (tertiary/aromatic N) is 1. The molecule has 2 aromatic carbocycles. The van der Waals surface area contributed by atoms with Gasteiger partial charge in [-0.25, -0.2) is 4.98 Å². The smallest absolute Gasteiger partial charge is 0.211 e. The van der Waals surface area contributed by atoms with Gasteiger partial charge in [-0.1, -0.05) is 60.7 Å². The molecule has 0 aliphatic heterocycles. The monoisotopic (exact) mass is 273 g/mol. The van der Waals surface area contributed by atoms with Crippen LogP contribution in [-0.2, 0) is 0 Å². The van der Waals surface area contributed by atoms with Crippen molar-refractivity contribution in [2.75, 3.05) is 0 Å². The van der Waals surface area contributed by atoms with Gasteiger partial charge in [-0.05, 0) is 30.2 Å². The van der Waals surface area contributed by atoms with E-state index in [4.69, 9.17) is 0 Å². The summed E-state index contributed by atoms with van der Waals surface area (Å²) in [4.78, 5) is 16.7. The topological polar surface area (TPSA) is 30.0 Å². The van der Waals surface area contributed by atoms with Gasteiger partial charge in [0, 0.05) is 11.3 Å². The van der Waals surface area contributed by atoms with Gasteiger partial charge < -0.3 is 0 Å². The standard InChI is InChI=1S/C19H15NO/c1-14-6-5-9-18(20-14)19(21)17-12-10-16(11-13-17)15-7-3-2-4-8-15/h2-13H,1H3. The van der Waals surface area contributed by atoms with Crippen LogP contribution in [0.25, 0.3) is 11.1 Å². The summed E-state index contributed by atoms with van der Waals surface area (Å²) in [5, 5.41) is 0. The largest absolute Gasteiger partial charge is 0.287 e. The third-order valence-corrected chi connectivity index (χ3v) is 3.38. The molecule has 2 nitrogen and oxygen atoms in total. The molecule has 0 N–H and O–H groups in total. The van der Waals surface area contributed by atoms with Crippen molar-refractivity contribution < 1.29 is 4.79 Å². The summed E-state index contributed by atoms with van der Waals surface area (Å²) in [5.74, 6) is -0.0432. The molecule has 0 unspecified atom stereocenters. The van der Waals surface area contributed by atoms with Crippen molar-refractivity contribution >= 4 is 5.78 Å². The number of rotatable bonds is 3. The van der Waals surface area contributed by atoms with Crippen molar-refractivity contribution in [3.05, 3.63) is 89.7 Å². The Balaban J connectivity index is 1.89. The van der Waals surface area contributed by atoms with E-state index in [0.29, 0.717) is 11.3 Å². The zero-order valence-corrected chi connectivity index (χ0v) is 11.8. The van der Waals surface area contributed by atoms with E-state index in [1.807, 2.05) is 61.5 Å². The Bertz CT molecular complexity index is 761. The molecule has 0 aliphatic rings. The first-order chi connectivity index (χ1) is 10.2. The molecular formula is C19H15NO. The average Bonchev–Trinajstić information content (AvgIpc) is 2.55. The maximum absolute atomic E-state index is 12.4. The van der Waals surface area contributed by atoms with E-state index < -0.39 is 0 Å². The number of pyridine rings is 1. The highest BCUT2D eigenvalue weighted by Gasteiger charge is 2.10. The van der Waals surface area contributed by atoms with E-state index in [1.54, 1.807) is 6.07 Å². The first-order valence-corrected chi connectivity index (χ1v) is 6.88. The van der Waals surface area contributed by atoms with Crippen molar-refractivity contribution in [1.82, 2.24) is 4.98 Å². The minimum atomic E-state index is -0.0432. The number of carbonyl (C=O) groups excluding carboxylic acids is 1. The molecule has 102 valence electrons. The molecule has 0 amide bonds. The van der Waals surface area contributed by atoms with Gasteiger partial charge in [0.15, 0.2) is 0 Å². The molecule has 0 atom stereocenters. The number of carbonyl (C=O) groups is 1. The van der Waals surface area contributed by atoms with Gasteiger partial charge >= 0.3 is 0 Å².